The van der Waals surface area contributed by atoms with Crippen molar-refractivity contribution in [2.75, 3.05) is 11.7 Å². The van der Waals surface area contributed by atoms with Gasteiger partial charge in [-0.3, -0.25) is 0 Å². The monoisotopic (exact) mass is 348 g/mol. The van der Waals surface area contributed by atoms with Crippen LogP contribution < -0.4 is 5.43 Å². The maximum atomic E-state index is 9.23. The maximum Gasteiger partial charge on any atom is 0.252 e. The Morgan fingerprint density at radius 3 is 2.52 bits per heavy atom. The molecule has 0 radical (unpaired) electrons. The Balaban J connectivity index is 1.76. The Hall–Kier alpha value is -3.04. The van der Waals surface area contributed by atoms with Crippen LogP contribution in [0.3, 0.4) is 0 Å². The lowest BCUT2D eigenvalue weighted by molar-refractivity contribution is 0.587. The molecule has 3 aromatic rings. The Bertz CT molecular complexity index is 922. The largest absolute Gasteiger partial charge is 0.417 e. The average Bonchev–Trinajstić information content (AvgIpc) is 3.06. The van der Waals surface area contributed by atoms with E-state index in [0.29, 0.717) is 5.89 Å². The van der Waals surface area contributed by atoms with Gasteiger partial charge in [0, 0.05) is 10.5 Å². The topological polar surface area (TPSA) is 74.2 Å². The molecule has 0 aliphatic carbocycles. The van der Waals surface area contributed by atoms with E-state index in [9.17, 15) is 5.26 Å². The van der Waals surface area contributed by atoms with E-state index in [1.807, 2.05) is 67.8 Å². The Kier molecular flexibility index (Phi) is 5.17. The van der Waals surface area contributed by atoms with Gasteiger partial charge in [0.2, 0.25) is 11.6 Å². The molecule has 0 amide bonds. The van der Waals surface area contributed by atoms with E-state index >= 15 is 0 Å². The zero-order valence-electron chi connectivity index (χ0n) is 13.9. The molecule has 25 heavy (non-hydrogen) atoms. The first-order chi connectivity index (χ1) is 12.2. The van der Waals surface area contributed by atoms with Crippen molar-refractivity contribution in [2.45, 2.75) is 11.8 Å². The maximum absolute atomic E-state index is 9.23. The van der Waals surface area contributed by atoms with Crippen molar-refractivity contribution in [2.24, 2.45) is 5.10 Å². The normalized spacial score (nSPS) is 10.8. The summed E-state index contributed by atoms with van der Waals surface area (Å²) in [6.07, 6.45) is 3.70. The highest BCUT2D eigenvalue weighted by molar-refractivity contribution is 7.98. The summed E-state index contributed by atoms with van der Waals surface area (Å²) in [5.74, 6) is 0.619. The van der Waals surface area contributed by atoms with E-state index in [1.54, 1.807) is 18.0 Å². The number of nitrogens with one attached hydrogen (secondary N) is 1. The van der Waals surface area contributed by atoms with Gasteiger partial charge in [-0.25, -0.2) is 5.43 Å². The summed E-state index contributed by atoms with van der Waals surface area (Å²) in [6, 6.07) is 17.8. The van der Waals surface area contributed by atoms with Crippen LogP contribution in [0.2, 0.25) is 0 Å². The highest BCUT2D eigenvalue weighted by atomic mass is 32.2. The molecular weight excluding hydrogens is 332 g/mol. The number of hydrogen-bond donors (Lipinski definition) is 1. The number of nitrogens with zero attached hydrogens (tertiary/aromatic N) is 3. The summed E-state index contributed by atoms with van der Waals surface area (Å²) in [4.78, 5) is 5.40. The molecule has 3 rings (SSSR count). The van der Waals surface area contributed by atoms with Gasteiger partial charge in [-0.05, 0) is 43.0 Å². The quantitative estimate of drug-likeness (QED) is 0.411. The van der Waals surface area contributed by atoms with Gasteiger partial charge >= 0.3 is 0 Å². The Labute approximate surface area is 150 Å². The third-order valence-corrected chi connectivity index (χ3v) is 4.27. The molecule has 0 fully saturated rings. The fourth-order valence-electron chi connectivity index (χ4n) is 2.15. The predicted molar refractivity (Wildman–Crippen MR) is 101 cm³/mol. The van der Waals surface area contributed by atoms with Crippen LogP contribution in [0.15, 0.2) is 62.9 Å². The van der Waals surface area contributed by atoms with Crippen molar-refractivity contribution in [1.29, 1.82) is 5.26 Å². The number of aryl methyl sites for hydroxylation is 1. The zero-order chi connectivity index (χ0) is 17.6. The number of aromatic nitrogens is 1. The molecule has 0 saturated heterocycles. The van der Waals surface area contributed by atoms with Crippen LogP contribution in [0.5, 0.6) is 0 Å². The summed E-state index contributed by atoms with van der Waals surface area (Å²) < 4.78 is 5.64. The minimum atomic E-state index is 0.172. The number of anilines is 1. The standard InChI is InChI=1S/C19H16N4OS/c1-13-3-7-15(8-4-13)18-22-17(11-20)19(24-18)23-21-12-14-5-9-16(25-2)10-6-14/h3-10,12,23H,1-2H3/b21-12+. The number of benzene rings is 2. The van der Waals surface area contributed by atoms with Crippen LogP contribution in [-0.2, 0) is 0 Å². The second-order valence-electron chi connectivity index (χ2n) is 5.32. The molecule has 5 nitrogen and oxygen atoms in total. The molecule has 0 aliphatic rings. The van der Waals surface area contributed by atoms with Gasteiger partial charge in [0.25, 0.3) is 5.88 Å². The van der Waals surface area contributed by atoms with Gasteiger partial charge in [0.15, 0.2) is 0 Å². The highest BCUT2D eigenvalue weighted by Gasteiger charge is 2.13. The summed E-state index contributed by atoms with van der Waals surface area (Å²) >= 11 is 1.69. The highest BCUT2D eigenvalue weighted by Crippen LogP contribution is 2.25. The van der Waals surface area contributed by atoms with Crippen molar-refractivity contribution >= 4 is 23.9 Å². The third kappa shape index (κ3) is 4.08. The van der Waals surface area contributed by atoms with Gasteiger partial charge in [-0.2, -0.15) is 15.3 Å². The van der Waals surface area contributed by atoms with Gasteiger partial charge < -0.3 is 4.42 Å². The summed E-state index contributed by atoms with van der Waals surface area (Å²) in [5, 5.41) is 13.4. The summed E-state index contributed by atoms with van der Waals surface area (Å²) in [5.41, 5.74) is 5.83. The SMILES string of the molecule is CSc1ccc(/C=N/Nc2oc(-c3ccc(C)cc3)nc2C#N)cc1. The second kappa shape index (κ2) is 7.69. The van der Waals surface area contributed by atoms with Gasteiger partial charge in [-0.1, -0.05) is 29.8 Å². The average molecular weight is 348 g/mol. The zero-order valence-corrected chi connectivity index (χ0v) is 14.7. The molecule has 124 valence electrons. The van der Waals surface area contributed by atoms with Crippen LogP contribution in [0.1, 0.15) is 16.8 Å². The van der Waals surface area contributed by atoms with Crippen LogP contribution in [0, 0.1) is 18.3 Å². The molecule has 1 N–H and O–H groups in total. The molecule has 1 heterocycles. The van der Waals surface area contributed by atoms with E-state index in [1.165, 1.54) is 4.90 Å². The molecule has 0 aliphatic heterocycles. The molecule has 0 atom stereocenters. The molecule has 0 unspecified atom stereocenters. The van der Waals surface area contributed by atoms with Crippen molar-refractivity contribution in [1.82, 2.24) is 4.98 Å². The minimum Gasteiger partial charge on any atom is -0.417 e. The van der Waals surface area contributed by atoms with E-state index in [0.717, 1.165) is 16.7 Å². The Morgan fingerprint density at radius 1 is 1.16 bits per heavy atom. The van der Waals surface area contributed by atoms with Gasteiger partial charge in [0.1, 0.15) is 6.07 Å². The number of thioether (sulfide) groups is 1. The fourth-order valence-corrected chi connectivity index (χ4v) is 2.55. The van der Waals surface area contributed by atoms with Crippen molar-refractivity contribution in [3.63, 3.8) is 0 Å². The molecule has 0 bridgehead atoms. The molecule has 0 spiro atoms. The van der Waals surface area contributed by atoms with Crippen molar-refractivity contribution < 1.29 is 4.42 Å². The molecular formula is C19H16N4OS. The molecule has 6 heteroatoms. The van der Waals surface area contributed by atoms with E-state index < -0.39 is 0 Å². The van der Waals surface area contributed by atoms with Crippen LogP contribution in [0.4, 0.5) is 5.88 Å². The lowest BCUT2D eigenvalue weighted by Gasteiger charge is -1.98. The summed E-state index contributed by atoms with van der Waals surface area (Å²) in [6.45, 7) is 2.01. The Morgan fingerprint density at radius 2 is 1.88 bits per heavy atom. The lowest BCUT2D eigenvalue weighted by Crippen LogP contribution is -1.91. The van der Waals surface area contributed by atoms with Gasteiger partial charge in [0.05, 0.1) is 6.21 Å². The van der Waals surface area contributed by atoms with Crippen LogP contribution in [-0.4, -0.2) is 17.5 Å². The van der Waals surface area contributed by atoms with Crippen molar-refractivity contribution in [3.05, 3.63) is 65.4 Å². The molecule has 1 aromatic heterocycles. The molecule has 0 saturated carbocycles. The first-order valence-corrected chi connectivity index (χ1v) is 8.83. The smallest absolute Gasteiger partial charge is 0.252 e. The molecule has 2 aromatic carbocycles. The van der Waals surface area contributed by atoms with E-state index in [4.69, 9.17) is 4.42 Å². The number of nitriles is 1. The predicted octanol–water partition coefficient (Wildman–Crippen LogP) is 4.69. The van der Waals surface area contributed by atoms with E-state index in [-0.39, 0.29) is 11.6 Å². The number of hydrogen-bond acceptors (Lipinski definition) is 6. The fraction of sp³-hybridized carbons (Fsp3) is 0.105. The van der Waals surface area contributed by atoms with Crippen molar-refractivity contribution in [3.8, 4) is 17.5 Å². The minimum absolute atomic E-state index is 0.172. The van der Waals surface area contributed by atoms with E-state index in [2.05, 4.69) is 15.5 Å². The third-order valence-electron chi connectivity index (χ3n) is 3.53. The second-order valence-corrected chi connectivity index (χ2v) is 6.20. The lowest BCUT2D eigenvalue weighted by atomic mass is 10.1. The van der Waals surface area contributed by atoms with Crippen LogP contribution >= 0.6 is 11.8 Å². The number of oxazole rings is 1. The first kappa shape index (κ1) is 16.8. The number of hydrazone groups is 1. The van der Waals surface area contributed by atoms with Gasteiger partial charge in [-0.15, -0.1) is 11.8 Å². The van der Waals surface area contributed by atoms with Crippen LogP contribution in [0.25, 0.3) is 11.5 Å². The number of rotatable bonds is 5. The first-order valence-electron chi connectivity index (χ1n) is 7.60. The summed E-state index contributed by atoms with van der Waals surface area (Å²) in [7, 11) is 0.